The number of methoxy groups -OCH3 is 2. The van der Waals surface area contributed by atoms with Crippen LogP contribution in [-0.2, 0) is 12.0 Å². The van der Waals surface area contributed by atoms with E-state index in [4.69, 9.17) is 14.0 Å². The second-order valence-electron chi connectivity index (χ2n) is 11.8. The summed E-state index contributed by atoms with van der Waals surface area (Å²) >= 11 is 0. The van der Waals surface area contributed by atoms with E-state index in [0.717, 1.165) is 93.5 Å². The number of ether oxygens (including phenoxy) is 2. The number of hydrogen-bond acceptors (Lipinski definition) is 6. The van der Waals surface area contributed by atoms with Crippen LogP contribution in [0.2, 0.25) is 0 Å². The molecule has 0 saturated carbocycles. The summed E-state index contributed by atoms with van der Waals surface area (Å²) in [6, 6.07) is 17.9. The molecule has 8 heteroatoms. The Kier molecular flexibility index (Phi) is 10.5. The summed E-state index contributed by atoms with van der Waals surface area (Å²) in [5.74, 6) is 0.995. The van der Waals surface area contributed by atoms with E-state index in [0.29, 0.717) is 17.1 Å². The van der Waals surface area contributed by atoms with Crippen molar-refractivity contribution in [3.05, 3.63) is 89.1 Å². The van der Waals surface area contributed by atoms with Gasteiger partial charge in [-0.2, -0.15) is 0 Å². The molecule has 0 spiro atoms. The third kappa shape index (κ3) is 6.61. The molecular weight excluding hydrogens is 560 g/mol. The molecule has 0 amide bonds. The lowest BCUT2D eigenvalue weighted by atomic mass is 9.68. The van der Waals surface area contributed by atoms with Gasteiger partial charge in [0.05, 0.1) is 25.5 Å². The van der Waals surface area contributed by atoms with Gasteiger partial charge < -0.3 is 18.9 Å². The van der Waals surface area contributed by atoms with Crippen LogP contribution in [0.1, 0.15) is 68.7 Å². The maximum Gasteiger partial charge on any atom is 0.171 e. The SMILES string of the molecule is CCCC(c1ccc(F)cc1)C(CCC)(c1ccc(F)cc1)N1CCN(CCCc2noc3cc(OC)c(OC)cc23)CC1. The van der Waals surface area contributed by atoms with Crippen LogP contribution in [0, 0.1) is 11.6 Å². The number of aromatic nitrogens is 1. The molecule has 236 valence electrons. The Bertz CT molecular complexity index is 1480. The summed E-state index contributed by atoms with van der Waals surface area (Å²) in [6.45, 7) is 9.09. The van der Waals surface area contributed by atoms with E-state index >= 15 is 0 Å². The highest BCUT2D eigenvalue weighted by molar-refractivity contribution is 5.83. The van der Waals surface area contributed by atoms with Gasteiger partial charge in [0.25, 0.3) is 0 Å². The first-order chi connectivity index (χ1) is 21.4. The molecule has 2 unspecified atom stereocenters. The molecule has 2 heterocycles. The van der Waals surface area contributed by atoms with Gasteiger partial charge in [-0.1, -0.05) is 56.1 Å². The highest BCUT2D eigenvalue weighted by Crippen LogP contribution is 2.48. The van der Waals surface area contributed by atoms with E-state index in [1.54, 1.807) is 38.5 Å². The van der Waals surface area contributed by atoms with Gasteiger partial charge in [0.15, 0.2) is 17.1 Å². The van der Waals surface area contributed by atoms with Crippen LogP contribution in [0.25, 0.3) is 11.0 Å². The lowest BCUT2D eigenvalue weighted by Gasteiger charge is -2.53. The number of hydrogen-bond donors (Lipinski definition) is 0. The van der Waals surface area contributed by atoms with E-state index in [1.165, 1.54) is 0 Å². The smallest absolute Gasteiger partial charge is 0.171 e. The number of rotatable bonds is 14. The molecule has 44 heavy (non-hydrogen) atoms. The van der Waals surface area contributed by atoms with Crippen molar-refractivity contribution >= 4 is 11.0 Å². The molecule has 3 aromatic carbocycles. The summed E-state index contributed by atoms with van der Waals surface area (Å²) in [7, 11) is 3.24. The molecule has 4 aromatic rings. The van der Waals surface area contributed by atoms with Crippen LogP contribution in [0.4, 0.5) is 8.78 Å². The summed E-state index contributed by atoms with van der Waals surface area (Å²) in [6.07, 6.45) is 5.66. The average molecular weight is 606 g/mol. The minimum Gasteiger partial charge on any atom is -0.493 e. The van der Waals surface area contributed by atoms with E-state index in [2.05, 4.69) is 28.8 Å². The van der Waals surface area contributed by atoms with Crippen LogP contribution in [0.15, 0.2) is 65.2 Å². The Morgan fingerprint density at radius 1 is 0.864 bits per heavy atom. The highest BCUT2D eigenvalue weighted by Gasteiger charge is 2.45. The Hall–Kier alpha value is -3.49. The van der Waals surface area contributed by atoms with Gasteiger partial charge >= 0.3 is 0 Å². The predicted molar refractivity (Wildman–Crippen MR) is 170 cm³/mol. The number of benzene rings is 3. The molecule has 6 nitrogen and oxygen atoms in total. The molecule has 1 aliphatic rings. The average Bonchev–Trinajstić information content (AvgIpc) is 3.44. The van der Waals surface area contributed by atoms with Gasteiger partial charge in [0, 0.05) is 43.5 Å². The molecular formula is C36H45F2N3O3. The van der Waals surface area contributed by atoms with E-state index in [-0.39, 0.29) is 23.1 Å². The minimum atomic E-state index is -0.317. The predicted octanol–water partition coefficient (Wildman–Crippen LogP) is 7.95. The standard InChI is InChI=1S/C36H45F2N3O3/c1-5-8-31(26-10-14-28(37)15-11-26)36(18-6-2,27-12-16-29(38)17-13-27)41-22-20-40(21-23-41)19-7-9-32-30-24-34(42-3)35(43-4)25-33(30)44-39-32/h10-17,24-25,31H,5-9,18-23H2,1-4H3. The Balaban J connectivity index is 1.33. The lowest BCUT2D eigenvalue weighted by Crippen LogP contribution is -2.58. The van der Waals surface area contributed by atoms with Gasteiger partial charge in [-0.25, -0.2) is 8.78 Å². The second kappa shape index (κ2) is 14.5. The van der Waals surface area contributed by atoms with Crippen LogP contribution in [0.5, 0.6) is 11.5 Å². The number of piperazine rings is 1. The Labute approximate surface area is 259 Å². The molecule has 1 aromatic heterocycles. The number of aryl methyl sites for hydroxylation is 1. The Morgan fingerprint density at radius 3 is 2.11 bits per heavy atom. The summed E-state index contributed by atoms with van der Waals surface area (Å²) in [4.78, 5) is 5.16. The van der Waals surface area contributed by atoms with Crippen LogP contribution in [0.3, 0.4) is 0 Å². The van der Waals surface area contributed by atoms with E-state index in [1.807, 2.05) is 36.4 Å². The zero-order chi connectivity index (χ0) is 31.1. The van der Waals surface area contributed by atoms with Crippen molar-refractivity contribution in [3.8, 4) is 11.5 Å². The fourth-order valence-corrected chi connectivity index (χ4v) is 7.20. The second-order valence-corrected chi connectivity index (χ2v) is 11.8. The molecule has 5 rings (SSSR count). The van der Waals surface area contributed by atoms with Crippen molar-refractivity contribution in [1.29, 1.82) is 0 Å². The monoisotopic (exact) mass is 605 g/mol. The molecule has 0 bridgehead atoms. The van der Waals surface area contributed by atoms with Crippen molar-refractivity contribution < 1.29 is 22.8 Å². The lowest BCUT2D eigenvalue weighted by molar-refractivity contribution is 0.000722. The van der Waals surface area contributed by atoms with Gasteiger partial charge in [-0.15, -0.1) is 0 Å². The summed E-state index contributed by atoms with van der Waals surface area (Å²) < 4.78 is 44.6. The molecule has 1 fully saturated rings. The number of halogens is 2. The van der Waals surface area contributed by atoms with Crippen LogP contribution < -0.4 is 9.47 Å². The van der Waals surface area contributed by atoms with E-state index < -0.39 is 0 Å². The minimum absolute atomic E-state index is 0.154. The fraction of sp³-hybridized carbons (Fsp3) is 0.472. The van der Waals surface area contributed by atoms with Gasteiger partial charge in [0.2, 0.25) is 0 Å². The Morgan fingerprint density at radius 2 is 1.50 bits per heavy atom. The third-order valence-corrected chi connectivity index (χ3v) is 9.28. The third-order valence-electron chi connectivity index (χ3n) is 9.28. The largest absolute Gasteiger partial charge is 0.493 e. The molecule has 1 saturated heterocycles. The fourth-order valence-electron chi connectivity index (χ4n) is 7.20. The normalized spacial score (nSPS) is 16.6. The van der Waals surface area contributed by atoms with Crippen molar-refractivity contribution in [2.75, 3.05) is 46.9 Å². The molecule has 2 atom stereocenters. The van der Waals surface area contributed by atoms with Gasteiger partial charge in [-0.3, -0.25) is 4.90 Å². The van der Waals surface area contributed by atoms with Crippen LogP contribution >= 0.6 is 0 Å². The summed E-state index contributed by atoms with van der Waals surface area (Å²) in [5.41, 5.74) is 3.59. The zero-order valence-electron chi connectivity index (χ0n) is 26.5. The van der Waals surface area contributed by atoms with Crippen molar-refractivity contribution in [2.24, 2.45) is 0 Å². The highest BCUT2D eigenvalue weighted by atomic mass is 19.1. The topological polar surface area (TPSA) is 51.0 Å². The molecule has 0 N–H and O–H groups in total. The van der Waals surface area contributed by atoms with Crippen molar-refractivity contribution in [3.63, 3.8) is 0 Å². The quantitative estimate of drug-likeness (QED) is 0.145. The molecule has 0 radical (unpaired) electrons. The first-order valence-corrected chi connectivity index (χ1v) is 15.9. The van der Waals surface area contributed by atoms with Gasteiger partial charge in [0.1, 0.15) is 11.6 Å². The maximum atomic E-state index is 14.2. The maximum absolute atomic E-state index is 14.2. The summed E-state index contributed by atoms with van der Waals surface area (Å²) in [5, 5.41) is 5.30. The first kappa shape index (κ1) is 31.9. The number of nitrogens with zero attached hydrogens (tertiary/aromatic N) is 3. The van der Waals surface area contributed by atoms with Gasteiger partial charge in [-0.05, 0) is 73.7 Å². The number of fused-ring (bicyclic) bond motifs is 1. The van der Waals surface area contributed by atoms with Crippen molar-refractivity contribution in [1.82, 2.24) is 15.0 Å². The molecule has 0 aliphatic carbocycles. The zero-order valence-corrected chi connectivity index (χ0v) is 26.5. The van der Waals surface area contributed by atoms with E-state index in [9.17, 15) is 8.78 Å². The molecule has 1 aliphatic heterocycles. The van der Waals surface area contributed by atoms with Crippen molar-refractivity contribution in [2.45, 2.75) is 63.8 Å². The van der Waals surface area contributed by atoms with Crippen LogP contribution in [-0.4, -0.2) is 61.9 Å². The first-order valence-electron chi connectivity index (χ1n) is 15.9.